The zero-order chi connectivity index (χ0) is 22.4. The highest BCUT2D eigenvalue weighted by Crippen LogP contribution is 2.31. The van der Waals surface area contributed by atoms with E-state index in [1.807, 2.05) is 0 Å². The average molecular weight is 410 g/mol. The fraction of sp³-hybridized carbons (Fsp3) is 0.105. The lowest BCUT2D eigenvalue weighted by atomic mass is 10.1. The normalized spacial score (nSPS) is 11.0. The predicted octanol–water partition coefficient (Wildman–Crippen LogP) is 2.68. The Balaban J connectivity index is 2.72. The molecule has 0 saturated carbocycles. The number of nitrogens with zero attached hydrogens (tertiary/aromatic N) is 4. The van der Waals surface area contributed by atoms with Gasteiger partial charge in [0.05, 0.1) is 15.4 Å². The van der Waals surface area contributed by atoms with Crippen LogP contribution in [0.15, 0.2) is 54.1 Å². The summed E-state index contributed by atoms with van der Waals surface area (Å²) in [7, 11) is 2.67. The van der Waals surface area contributed by atoms with Gasteiger partial charge in [-0.05, 0) is 12.1 Å². The Hall–Kier alpha value is -4.59. The second kappa shape index (κ2) is 9.07. The van der Waals surface area contributed by atoms with E-state index in [-0.39, 0.29) is 5.56 Å². The summed E-state index contributed by atoms with van der Waals surface area (Å²) in [6, 6.07) is 11.5. The standard InChI is InChI=1S/C19H14N4O7/c1-21(2)18(24)14(11-20)17(12-7-3-5-9-15(12)22(26)27)30-19(25)13-8-4-6-10-16(13)23(28)29/h3-10H,1-2H3. The maximum absolute atomic E-state index is 12.7. The van der Waals surface area contributed by atoms with Gasteiger partial charge in [-0.2, -0.15) is 5.26 Å². The van der Waals surface area contributed by atoms with Crippen LogP contribution in [0.2, 0.25) is 0 Å². The molecule has 11 nitrogen and oxygen atoms in total. The van der Waals surface area contributed by atoms with Gasteiger partial charge in [0, 0.05) is 26.2 Å². The van der Waals surface area contributed by atoms with E-state index in [4.69, 9.17) is 4.74 Å². The number of nitro groups is 2. The number of nitriles is 1. The first-order valence-electron chi connectivity index (χ1n) is 8.24. The SMILES string of the molecule is CN(C)C(=O)C(C#N)=C(OC(=O)c1ccccc1[N+](=O)[O-])c1ccccc1[N+](=O)[O-]. The van der Waals surface area contributed by atoms with Crippen LogP contribution in [0.1, 0.15) is 15.9 Å². The van der Waals surface area contributed by atoms with Gasteiger partial charge >= 0.3 is 5.97 Å². The van der Waals surface area contributed by atoms with E-state index in [1.54, 1.807) is 6.07 Å². The first kappa shape index (κ1) is 21.7. The van der Waals surface area contributed by atoms with E-state index < -0.39 is 50.0 Å². The molecule has 0 aliphatic heterocycles. The molecule has 152 valence electrons. The van der Waals surface area contributed by atoms with Gasteiger partial charge in [-0.15, -0.1) is 0 Å². The maximum Gasteiger partial charge on any atom is 0.350 e. The van der Waals surface area contributed by atoms with Crippen molar-refractivity contribution in [2.75, 3.05) is 14.1 Å². The first-order valence-corrected chi connectivity index (χ1v) is 8.24. The number of benzene rings is 2. The molecule has 0 atom stereocenters. The van der Waals surface area contributed by atoms with Gasteiger partial charge in [-0.25, -0.2) is 4.79 Å². The lowest BCUT2D eigenvalue weighted by molar-refractivity contribution is -0.385. The maximum atomic E-state index is 12.7. The molecule has 0 aliphatic carbocycles. The second-order valence-corrected chi connectivity index (χ2v) is 5.95. The molecule has 0 radical (unpaired) electrons. The van der Waals surface area contributed by atoms with Gasteiger partial charge in [-0.1, -0.05) is 24.3 Å². The Labute approximate surface area is 169 Å². The van der Waals surface area contributed by atoms with E-state index in [9.17, 15) is 35.1 Å². The molecule has 1 amide bonds. The molecule has 0 bridgehead atoms. The van der Waals surface area contributed by atoms with Crippen molar-refractivity contribution >= 4 is 29.0 Å². The molecular weight excluding hydrogens is 396 g/mol. The molecule has 0 aliphatic rings. The van der Waals surface area contributed by atoms with E-state index in [2.05, 4.69) is 0 Å². The molecule has 11 heteroatoms. The van der Waals surface area contributed by atoms with Gasteiger partial charge in [0.25, 0.3) is 17.3 Å². The quantitative estimate of drug-likeness (QED) is 0.176. The summed E-state index contributed by atoms with van der Waals surface area (Å²) >= 11 is 0. The van der Waals surface area contributed by atoms with Gasteiger partial charge in [0.2, 0.25) is 0 Å². The summed E-state index contributed by atoms with van der Waals surface area (Å²) < 4.78 is 5.19. The van der Waals surface area contributed by atoms with Gasteiger partial charge in [0.15, 0.2) is 11.3 Å². The number of hydrogen-bond donors (Lipinski definition) is 0. The van der Waals surface area contributed by atoms with Crippen LogP contribution >= 0.6 is 0 Å². The fourth-order valence-electron chi connectivity index (χ4n) is 2.44. The number of esters is 1. The van der Waals surface area contributed by atoms with Crippen molar-refractivity contribution in [3.8, 4) is 6.07 Å². The van der Waals surface area contributed by atoms with Crippen molar-refractivity contribution in [1.82, 2.24) is 4.90 Å². The third-order valence-electron chi connectivity index (χ3n) is 3.82. The molecule has 2 aromatic carbocycles. The topological polar surface area (TPSA) is 157 Å². The number of amides is 1. The molecule has 0 N–H and O–H groups in total. The van der Waals surface area contributed by atoms with E-state index in [0.717, 1.165) is 23.1 Å². The van der Waals surface area contributed by atoms with Crippen molar-refractivity contribution in [1.29, 1.82) is 5.26 Å². The summed E-state index contributed by atoms with van der Waals surface area (Å²) in [5.74, 6) is -2.80. The highest BCUT2D eigenvalue weighted by Gasteiger charge is 2.30. The van der Waals surface area contributed by atoms with Crippen LogP contribution in [-0.4, -0.2) is 40.7 Å². The Bertz CT molecular complexity index is 1120. The van der Waals surface area contributed by atoms with Crippen molar-refractivity contribution in [3.05, 3.63) is 85.5 Å². The van der Waals surface area contributed by atoms with Crippen molar-refractivity contribution in [2.45, 2.75) is 0 Å². The summed E-state index contributed by atoms with van der Waals surface area (Å²) in [5, 5.41) is 32.1. The van der Waals surface area contributed by atoms with Crippen molar-refractivity contribution in [2.24, 2.45) is 0 Å². The van der Waals surface area contributed by atoms with Crippen LogP contribution in [0.5, 0.6) is 0 Å². The van der Waals surface area contributed by atoms with Crippen LogP contribution in [-0.2, 0) is 9.53 Å². The smallest absolute Gasteiger partial charge is 0.350 e. The van der Waals surface area contributed by atoms with E-state index in [0.29, 0.717) is 0 Å². The van der Waals surface area contributed by atoms with Gasteiger partial charge in [-0.3, -0.25) is 25.0 Å². The minimum Gasteiger partial charge on any atom is -0.420 e. The van der Waals surface area contributed by atoms with Crippen LogP contribution in [0, 0.1) is 31.6 Å². The third-order valence-corrected chi connectivity index (χ3v) is 3.82. The lowest BCUT2D eigenvalue weighted by Gasteiger charge is -2.14. The Morgan fingerprint density at radius 1 is 0.933 bits per heavy atom. The molecule has 0 aromatic heterocycles. The fourth-order valence-corrected chi connectivity index (χ4v) is 2.44. The number of nitro benzene ring substituents is 2. The van der Waals surface area contributed by atoms with Crippen LogP contribution < -0.4 is 0 Å². The van der Waals surface area contributed by atoms with Crippen LogP contribution in [0.25, 0.3) is 5.76 Å². The molecule has 2 rings (SSSR count). The summed E-state index contributed by atoms with van der Waals surface area (Å²) in [6.07, 6.45) is 0. The molecule has 2 aromatic rings. The second-order valence-electron chi connectivity index (χ2n) is 5.95. The number of carbonyl (C=O) groups excluding carboxylic acids is 2. The largest absolute Gasteiger partial charge is 0.420 e. The number of hydrogen-bond acceptors (Lipinski definition) is 8. The molecule has 0 fully saturated rings. The Morgan fingerprint density at radius 3 is 1.87 bits per heavy atom. The van der Waals surface area contributed by atoms with Crippen LogP contribution in [0.3, 0.4) is 0 Å². The van der Waals surface area contributed by atoms with E-state index in [1.165, 1.54) is 44.4 Å². The zero-order valence-electron chi connectivity index (χ0n) is 15.8. The summed E-state index contributed by atoms with van der Waals surface area (Å²) in [4.78, 5) is 47.2. The number of para-hydroxylation sites is 2. The number of ether oxygens (including phenoxy) is 1. The zero-order valence-corrected chi connectivity index (χ0v) is 15.8. The third kappa shape index (κ3) is 4.45. The molecule has 0 unspecified atom stereocenters. The minimum atomic E-state index is -1.25. The van der Waals surface area contributed by atoms with Crippen molar-refractivity contribution < 1.29 is 24.2 Å². The molecular formula is C19H14N4O7. The monoisotopic (exact) mass is 410 g/mol. The van der Waals surface area contributed by atoms with Crippen molar-refractivity contribution in [3.63, 3.8) is 0 Å². The Kier molecular flexibility index (Phi) is 6.56. The average Bonchev–Trinajstić information content (AvgIpc) is 2.73. The highest BCUT2D eigenvalue weighted by atomic mass is 16.6. The molecule has 0 spiro atoms. The van der Waals surface area contributed by atoms with E-state index >= 15 is 0 Å². The Morgan fingerprint density at radius 2 is 1.40 bits per heavy atom. The van der Waals surface area contributed by atoms with Crippen LogP contribution in [0.4, 0.5) is 11.4 Å². The molecule has 30 heavy (non-hydrogen) atoms. The minimum absolute atomic E-state index is 0.304. The predicted molar refractivity (Wildman–Crippen MR) is 103 cm³/mol. The number of carbonyl (C=O) groups is 2. The number of rotatable bonds is 6. The van der Waals surface area contributed by atoms with Gasteiger partial charge in [0.1, 0.15) is 11.6 Å². The number of likely N-dealkylation sites (N-methyl/N-ethyl adjacent to an activating group) is 1. The molecule has 0 heterocycles. The van der Waals surface area contributed by atoms with Gasteiger partial charge < -0.3 is 9.64 Å². The highest BCUT2D eigenvalue weighted by molar-refractivity contribution is 6.07. The first-order chi connectivity index (χ1) is 14.2. The lowest BCUT2D eigenvalue weighted by Crippen LogP contribution is -2.25. The summed E-state index contributed by atoms with van der Waals surface area (Å²) in [6.45, 7) is 0. The molecule has 0 saturated heterocycles. The summed E-state index contributed by atoms with van der Waals surface area (Å²) in [5.41, 5.74) is -2.53.